The van der Waals surface area contributed by atoms with Crippen LogP contribution in [0.1, 0.15) is 18.3 Å². The number of ether oxygens (including phenoxy) is 1. The van der Waals surface area contributed by atoms with E-state index >= 15 is 0 Å². The number of benzene rings is 2. The molecule has 3 aromatic rings. The molecule has 0 aliphatic heterocycles. The van der Waals surface area contributed by atoms with Gasteiger partial charge in [-0.25, -0.2) is 4.98 Å². The smallest absolute Gasteiger partial charge is 0.161 e. The highest BCUT2D eigenvalue weighted by Crippen LogP contribution is 2.06. The summed E-state index contributed by atoms with van der Waals surface area (Å²) in [6.07, 6.45) is 5.52. The van der Waals surface area contributed by atoms with Gasteiger partial charge in [0.25, 0.3) is 0 Å². The molecule has 0 amide bonds. The van der Waals surface area contributed by atoms with Crippen LogP contribution in [0.2, 0.25) is 0 Å². The van der Waals surface area contributed by atoms with Gasteiger partial charge in [0.2, 0.25) is 0 Å². The molecule has 0 unspecified atom stereocenters. The van der Waals surface area contributed by atoms with Gasteiger partial charge in [0.1, 0.15) is 11.6 Å². The second-order valence-corrected chi connectivity index (χ2v) is 5.03. The number of aryl methyl sites for hydroxylation is 1. The molecule has 0 saturated heterocycles. The number of aromatic nitrogens is 2. The second-order valence-electron chi connectivity index (χ2n) is 5.03. The van der Waals surface area contributed by atoms with Crippen LogP contribution in [-0.2, 0) is 12.7 Å². The Hall–Kier alpha value is -2.49. The van der Waals surface area contributed by atoms with Gasteiger partial charge in [-0.1, -0.05) is 61.0 Å². The molecule has 0 saturated carbocycles. The lowest BCUT2D eigenvalue weighted by molar-refractivity contribution is 0.418. The van der Waals surface area contributed by atoms with Crippen molar-refractivity contribution in [1.29, 1.82) is 0 Å². The van der Waals surface area contributed by atoms with E-state index in [0.29, 0.717) is 0 Å². The van der Waals surface area contributed by atoms with Crippen LogP contribution in [0, 0.1) is 0 Å². The summed E-state index contributed by atoms with van der Waals surface area (Å²) in [4.78, 5) is 6.95. The summed E-state index contributed by atoms with van der Waals surface area (Å²) >= 11 is 0. The molecule has 1 heterocycles. The molecule has 2 aromatic carbocycles. The zero-order valence-corrected chi connectivity index (χ0v) is 13.7. The minimum absolute atomic E-state index is 0.929. The van der Waals surface area contributed by atoms with Crippen LogP contribution in [0.5, 0.6) is 5.75 Å². The van der Waals surface area contributed by atoms with Crippen LogP contribution >= 0.6 is 0 Å². The number of nitrogens with zero attached hydrogens (tertiary/aromatic N) is 1. The second kappa shape index (κ2) is 9.52. The number of hydrogen-bond acceptors (Lipinski definition) is 2. The number of nitrogens with one attached hydrogen (secondary N) is 1. The predicted octanol–water partition coefficient (Wildman–Crippen LogP) is 3.20. The Bertz CT molecular complexity index is 669. The Morgan fingerprint density at radius 3 is 2.39 bits per heavy atom. The minimum atomic E-state index is 0.929. The van der Waals surface area contributed by atoms with E-state index in [4.69, 9.17) is 4.74 Å². The van der Waals surface area contributed by atoms with Gasteiger partial charge < -0.3 is 9.72 Å². The van der Waals surface area contributed by atoms with Crippen LogP contribution in [0.25, 0.3) is 0 Å². The molecule has 23 heavy (non-hydrogen) atoms. The summed E-state index contributed by atoms with van der Waals surface area (Å²) in [5.74, 6) is 1.98. The number of methoxy groups -OCH3 is 1. The van der Waals surface area contributed by atoms with Crippen LogP contribution < -0.4 is 10.2 Å². The lowest BCUT2D eigenvalue weighted by Crippen LogP contribution is -2.18. The van der Waals surface area contributed by atoms with E-state index in [1.54, 1.807) is 13.3 Å². The van der Waals surface area contributed by atoms with E-state index in [2.05, 4.69) is 54.5 Å². The van der Waals surface area contributed by atoms with Crippen molar-refractivity contribution in [3.8, 4) is 5.75 Å². The van der Waals surface area contributed by atoms with E-state index in [1.165, 1.54) is 5.56 Å². The fourth-order valence-electron chi connectivity index (χ4n) is 2.17. The molecular formula is C19H22BN2O. The van der Waals surface area contributed by atoms with E-state index in [-0.39, 0.29) is 0 Å². The third-order valence-corrected chi connectivity index (χ3v) is 3.43. The summed E-state index contributed by atoms with van der Waals surface area (Å²) in [5, 5.41) is 0. The first-order valence-corrected chi connectivity index (χ1v) is 7.82. The first-order valence-electron chi connectivity index (χ1n) is 7.82. The molecule has 1 radical (unpaired) electrons. The molecule has 0 fully saturated rings. The highest BCUT2D eigenvalue weighted by molar-refractivity contribution is 6.54. The zero-order chi connectivity index (χ0) is 16.3. The van der Waals surface area contributed by atoms with Gasteiger partial charge in [-0.15, -0.1) is 0 Å². The lowest BCUT2D eigenvalue weighted by Gasteiger charge is -2.06. The van der Waals surface area contributed by atoms with Gasteiger partial charge in [0.05, 0.1) is 7.11 Å². The van der Waals surface area contributed by atoms with Crippen LogP contribution in [0.15, 0.2) is 67.0 Å². The number of hydrogen-bond donors (Lipinski definition) is 1. The molecule has 0 bridgehead atoms. The molecule has 117 valence electrons. The normalized spacial score (nSPS) is 9.65. The summed E-state index contributed by atoms with van der Waals surface area (Å²) in [7, 11) is 3.89. The molecular weight excluding hydrogens is 283 g/mol. The molecule has 3 rings (SSSR count). The largest absolute Gasteiger partial charge is 0.497 e. The highest BCUT2D eigenvalue weighted by atomic mass is 16.5. The van der Waals surface area contributed by atoms with E-state index in [9.17, 15) is 0 Å². The van der Waals surface area contributed by atoms with Crippen LogP contribution in [-0.4, -0.2) is 24.4 Å². The monoisotopic (exact) mass is 305 g/mol. The maximum Gasteiger partial charge on any atom is 0.161 e. The average molecular weight is 305 g/mol. The first kappa shape index (κ1) is 16.9. The van der Waals surface area contributed by atoms with Gasteiger partial charge >= 0.3 is 0 Å². The molecule has 0 aliphatic rings. The van der Waals surface area contributed by atoms with Crippen molar-refractivity contribution in [2.45, 2.75) is 19.7 Å². The Balaban J connectivity index is 0.000000229. The van der Waals surface area contributed by atoms with Crippen LogP contribution in [0.3, 0.4) is 0 Å². The van der Waals surface area contributed by atoms with Crippen molar-refractivity contribution < 1.29 is 4.74 Å². The van der Waals surface area contributed by atoms with E-state index in [1.807, 2.05) is 30.5 Å². The molecule has 3 nitrogen and oxygen atoms in total. The standard InChI is InChI=1S/C14H14BO.C5H8N2/c1-16-14-10-6-5-9-13(14)15-11-12-7-3-2-4-8-12;1-2-5-6-3-4-7-5/h2-10H,11H2,1H3;3-4H,2H2,1H3,(H,6,7). The Labute approximate surface area is 139 Å². The van der Waals surface area contributed by atoms with Crippen molar-refractivity contribution in [2.75, 3.05) is 7.11 Å². The van der Waals surface area contributed by atoms with Crippen molar-refractivity contribution in [1.82, 2.24) is 9.97 Å². The first-order chi connectivity index (χ1) is 11.3. The molecule has 4 heteroatoms. The number of rotatable bonds is 5. The fourth-order valence-corrected chi connectivity index (χ4v) is 2.17. The molecule has 0 spiro atoms. The van der Waals surface area contributed by atoms with Gasteiger partial charge in [0.15, 0.2) is 7.28 Å². The topological polar surface area (TPSA) is 37.9 Å². The Kier molecular flexibility index (Phi) is 6.98. The molecule has 1 N–H and O–H groups in total. The van der Waals surface area contributed by atoms with Crippen LogP contribution in [0.4, 0.5) is 0 Å². The number of imidazole rings is 1. The van der Waals surface area contributed by atoms with E-state index in [0.717, 1.165) is 29.8 Å². The minimum Gasteiger partial charge on any atom is -0.497 e. The third-order valence-electron chi connectivity index (χ3n) is 3.43. The van der Waals surface area contributed by atoms with Gasteiger partial charge in [-0.2, -0.15) is 0 Å². The zero-order valence-electron chi connectivity index (χ0n) is 13.7. The van der Waals surface area contributed by atoms with E-state index < -0.39 is 0 Å². The Morgan fingerprint density at radius 1 is 1.04 bits per heavy atom. The average Bonchev–Trinajstić information content (AvgIpc) is 3.15. The van der Waals surface area contributed by atoms with Gasteiger partial charge in [-0.05, 0) is 17.8 Å². The lowest BCUT2D eigenvalue weighted by atomic mass is 9.65. The predicted molar refractivity (Wildman–Crippen MR) is 96.5 cm³/mol. The summed E-state index contributed by atoms with van der Waals surface area (Å²) < 4.78 is 5.30. The van der Waals surface area contributed by atoms with Crippen molar-refractivity contribution in [3.05, 3.63) is 78.4 Å². The quantitative estimate of drug-likeness (QED) is 0.735. The van der Waals surface area contributed by atoms with Gasteiger partial charge in [0, 0.05) is 18.8 Å². The molecule has 0 atom stereocenters. The summed E-state index contributed by atoms with van der Waals surface area (Å²) in [6, 6.07) is 18.5. The summed E-state index contributed by atoms with van der Waals surface area (Å²) in [6.45, 7) is 2.07. The maximum absolute atomic E-state index is 5.30. The highest BCUT2D eigenvalue weighted by Gasteiger charge is 2.03. The summed E-state index contributed by atoms with van der Waals surface area (Å²) in [5.41, 5.74) is 2.46. The maximum atomic E-state index is 5.30. The van der Waals surface area contributed by atoms with Crippen molar-refractivity contribution in [3.63, 3.8) is 0 Å². The third kappa shape index (κ3) is 5.66. The van der Waals surface area contributed by atoms with Crippen molar-refractivity contribution >= 4 is 12.7 Å². The molecule has 1 aromatic heterocycles. The van der Waals surface area contributed by atoms with Crippen molar-refractivity contribution in [2.24, 2.45) is 0 Å². The number of H-pyrrole nitrogens is 1. The molecule has 0 aliphatic carbocycles. The fraction of sp³-hybridized carbons (Fsp3) is 0.211. The Morgan fingerprint density at radius 2 is 1.78 bits per heavy atom. The SMILES string of the molecule is CCc1ncc[nH]1.COc1ccccc1[B]Cc1ccccc1. The van der Waals surface area contributed by atoms with Gasteiger partial charge in [-0.3, -0.25) is 0 Å². The number of para-hydroxylation sites is 1. The number of aromatic amines is 1.